The van der Waals surface area contributed by atoms with E-state index in [2.05, 4.69) is 6.07 Å². The maximum Gasteiger partial charge on any atom is 0.167 e. The number of nitrogen functional groups attached to an aromatic ring is 1. The van der Waals surface area contributed by atoms with E-state index in [1.54, 1.807) is 17.4 Å². The molecule has 0 fully saturated rings. The Morgan fingerprint density at radius 3 is 2.83 bits per heavy atom. The number of rotatable bonds is 4. The van der Waals surface area contributed by atoms with Crippen LogP contribution in [0.25, 0.3) is 0 Å². The maximum absolute atomic E-state index is 13.5. The van der Waals surface area contributed by atoms with Crippen LogP contribution >= 0.6 is 11.3 Å². The van der Waals surface area contributed by atoms with Gasteiger partial charge in [0.25, 0.3) is 0 Å². The second kappa shape index (κ2) is 5.27. The molecule has 0 saturated carbocycles. The van der Waals surface area contributed by atoms with Crippen molar-refractivity contribution in [3.8, 4) is 5.75 Å². The highest BCUT2D eigenvalue weighted by molar-refractivity contribution is 7.09. The van der Waals surface area contributed by atoms with Crippen LogP contribution in [0, 0.1) is 5.82 Å². The fourth-order valence-electron chi connectivity index (χ4n) is 1.77. The third kappa shape index (κ3) is 2.56. The summed E-state index contributed by atoms with van der Waals surface area (Å²) in [4.78, 5) is 3.20. The van der Waals surface area contributed by atoms with Crippen molar-refractivity contribution in [3.63, 3.8) is 0 Å². The first-order valence-corrected chi connectivity index (χ1v) is 6.36. The van der Waals surface area contributed by atoms with Crippen LogP contribution in [0.1, 0.15) is 4.88 Å². The third-order valence-corrected chi connectivity index (χ3v) is 3.55. The summed E-state index contributed by atoms with van der Waals surface area (Å²) < 4.78 is 18.4. The minimum absolute atomic E-state index is 0.206. The zero-order chi connectivity index (χ0) is 13.1. The molecule has 0 radical (unpaired) electrons. The Kier molecular flexibility index (Phi) is 3.72. The number of hydrogen-bond donors (Lipinski definition) is 1. The van der Waals surface area contributed by atoms with Crippen LogP contribution in [0.4, 0.5) is 15.8 Å². The maximum atomic E-state index is 13.5. The first-order valence-electron chi connectivity index (χ1n) is 5.48. The quantitative estimate of drug-likeness (QED) is 0.864. The lowest BCUT2D eigenvalue weighted by atomic mass is 10.2. The summed E-state index contributed by atoms with van der Waals surface area (Å²) in [6.07, 6.45) is 0. The second-order valence-corrected chi connectivity index (χ2v) is 5.01. The van der Waals surface area contributed by atoms with E-state index in [4.69, 9.17) is 10.5 Å². The lowest BCUT2D eigenvalue weighted by Crippen LogP contribution is -2.17. The molecule has 18 heavy (non-hydrogen) atoms. The largest absolute Gasteiger partial charge is 0.494 e. The van der Waals surface area contributed by atoms with Crippen molar-refractivity contribution in [1.29, 1.82) is 0 Å². The highest BCUT2D eigenvalue weighted by Crippen LogP contribution is 2.31. The van der Waals surface area contributed by atoms with E-state index in [1.807, 2.05) is 23.4 Å². The molecular formula is C13H15FN2OS. The lowest BCUT2D eigenvalue weighted by molar-refractivity contribution is 0.387. The molecule has 1 heterocycles. The number of benzene rings is 1. The van der Waals surface area contributed by atoms with Crippen LogP contribution < -0.4 is 15.4 Å². The van der Waals surface area contributed by atoms with Gasteiger partial charge in [-0.25, -0.2) is 4.39 Å². The number of anilines is 2. The molecule has 0 bridgehead atoms. The van der Waals surface area contributed by atoms with E-state index in [0.717, 1.165) is 12.2 Å². The number of nitrogens with zero attached hydrogens (tertiary/aromatic N) is 1. The minimum Gasteiger partial charge on any atom is -0.494 e. The average Bonchev–Trinajstić information content (AvgIpc) is 2.81. The molecule has 1 aromatic carbocycles. The summed E-state index contributed by atoms with van der Waals surface area (Å²) in [5, 5.41) is 2.03. The fourth-order valence-corrected chi connectivity index (χ4v) is 2.52. The number of ether oxygens (including phenoxy) is 1. The van der Waals surface area contributed by atoms with E-state index in [-0.39, 0.29) is 5.75 Å². The van der Waals surface area contributed by atoms with Crippen LogP contribution in [0.2, 0.25) is 0 Å². The first kappa shape index (κ1) is 12.7. The molecule has 5 heteroatoms. The highest BCUT2D eigenvalue weighted by atomic mass is 32.1. The fraction of sp³-hybridized carbons (Fsp3) is 0.231. The molecule has 96 valence electrons. The van der Waals surface area contributed by atoms with Crippen molar-refractivity contribution in [2.24, 2.45) is 0 Å². The Balaban J connectivity index is 2.26. The summed E-state index contributed by atoms with van der Waals surface area (Å²) in [7, 11) is 3.36. The summed E-state index contributed by atoms with van der Waals surface area (Å²) in [6.45, 7) is 0.733. The van der Waals surface area contributed by atoms with E-state index >= 15 is 0 Å². The average molecular weight is 266 g/mol. The van der Waals surface area contributed by atoms with Crippen molar-refractivity contribution in [3.05, 3.63) is 40.3 Å². The predicted octanol–water partition coefficient (Wildman–Crippen LogP) is 3.11. The summed E-state index contributed by atoms with van der Waals surface area (Å²) in [6, 6.07) is 6.97. The molecule has 2 rings (SSSR count). The number of hydrogen-bond acceptors (Lipinski definition) is 4. The molecule has 0 amide bonds. The van der Waals surface area contributed by atoms with Gasteiger partial charge in [0.15, 0.2) is 11.6 Å². The Hall–Kier alpha value is -1.75. The molecule has 3 nitrogen and oxygen atoms in total. The van der Waals surface area contributed by atoms with Gasteiger partial charge in [-0.15, -0.1) is 11.3 Å². The molecule has 0 aliphatic heterocycles. The van der Waals surface area contributed by atoms with Gasteiger partial charge in [-0.05, 0) is 11.4 Å². The van der Waals surface area contributed by atoms with Crippen LogP contribution in [0.5, 0.6) is 5.75 Å². The van der Waals surface area contributed by atoms with Gasteiger partial charge < -0.3 is 15.4 Å². The predicted molar refractivity (Wildman–Crippen MR) is 73.8 cm³/mol. The standard InChI is InChI=1S/C13H15FN2OS/c1-16(8-9-4-3-5-18-9)12-7-13(17-2)10(14)6-11(12)15/h3-7H,8,15H2,1-2H3. The van der Waals surface area contributed by atoms with Crippen LogP contribution in [-0.2, 0) is 6.54 Å². The van der Waals surface area contributed by atoms with Crippen molar-refractivity contribution >= 4 is 22.7 Å². The van der Waals surface area contributed by atoms with Crippen molar-refractivity contribution in [1.82, 2.24) is 0 Å². The molecule has 0 aliphatic rings. The topological polar surface area (TPSA) is 38.5 Å². The Morgan fingerprint density at radius 1 is 1.44 bits per heavy atom. The summed E-state index contributed by atoms with van der Waals surface area (Å²) >= 11 is 1.68. The molecule has 2 aromatic rings. The molecule has 2 N–H and O–H groups in total. The minimum atomic E-state index is -0.441. The van der Waals surface area contributed by atoms with Gasteiger partial charge in [0.1, 0.15) is 0 Å². The van der Waals surface area contributed by atoms with Gasteiger partial charge in [-0.1, -0.05) is 6.07 Å². The number of halogens is 1. The van der Waals surface area contributed by atoms with E-state index in [1.165, 1.54) is 18.1 Å². The molecular weight excluding hydrogens is 251 g/mol. The van der Waals surface area contributed by atoms with Gasteiger partial charge in [0, 0.05) is 24.1 Å². The normalized spacial score (nSPS) is 10.4. The van der Waals surface area contributed by atoms with Gasteiger partial charge >= 0.3 is 0 Å². The molecule has 1 aromatic heterocycles. The van der Waals surface area contributed by atoms with Crippen LogP contribution in [0.3, 0.4) is 0 Å². The smallest absolute Gasteiger partial charge is 0.167 e. The van der Waals surface area contributed by atoms with Gasteiger partial charge in [-0.2, -0.15) is 0 Å². The van der Waals surface area contributed by atoms with Gasteiger partial charge in [0.2, 0.25) is 0 Å². The van der Waals surface area contributed by atoms with Gasteiger partial charge in [-0.3, -0.25) is 0 Å². The molecule has 0 atom stereocenters. The Morgan fingerprint density at radius 2 is 2.22 bits per heavy atom. The molecule has 0 saturated heterocycles. The number of methoxy groups -OCH3 is 1. The second-order valence-electron chi connectivity index (χ2n) is 3.98. The third-order valence-electron chi connectivity index (χ3n) is 2.69. The van der Waals surface area contributed by atoms with Gasteiger partial charge in [0.05, 0.1) is 25.0 Å². The van der Waals surface area contributed by atoms with E-state index in [0.29, 0.717) is 5.69 Å². The van der Waals surface area contributed by atoms with Crippen LogP contribution in [0.15, 0.2) is 29.6 Å². The van der Waals surface area contributed by atoms with E-state index < -0.39 is 5.82 Å². The number of thiophene rings is 1. The number of nitrogens with two attached hydrogens (primary N) is 1. The van der Waals surface area contributed by atoms with Crippen molar-refractivity contribution in [2.45, 2.75) is 6.54 Å². The Bertz CT molecular complexity index is 528. The molecule has 0 aliphatic carbocycles. The first-order chi connectivity index (χ1) is 8.61. The zero-order valence-electron chi connectivity index (χ0n) is 10.3. The van der Waals surface area contributed by atoms with Crippen LogP contribution in [-0.4, -0.2) is 14.2 Å². The monoisotopic (exact) mass is 266 g/mol. The molecule has 0 spiro atoms. The summed E-state index contributed by atoms with van der Waals surface area (Å²) in [5.41, 5.74) is 7.02. The van der Waals surface area contributed by atoms with Crippen molar-refractivity contribution < 1.29 is 9.13 Å². The zero-order valence-corrected chi connectivity index (χ0v) is 11.1. The molecule has 0 unspecified atom stereocenters. The SMILES string of the molecule is COc1cc(N(C)Cc2cccs2)c(N)cc1F. The van der Waals surface area contributed by atoms with E-state index in [9.17, 15) is 4.39 Å². The highest BCUT2D eigenvalue weighted by Gasteiger charge is 2.12. The lowest BCUT2D eigenvalue weighted by Gasteiger charge is -2.21. The van der Waals surface area contributed by atoms with Crippen molar-refractivity contribution in [2.75, 3.05) is 24.8 Å². The summed E-state index contributed by atoms with van der Waals surface area (Å²) in [5.74, 6) is -0.236. The Labute approximate surface area is 110 Å².